The number of aromatic nitrogens is 2. The third kappa shape index (κ3) is 4.39. The van der Waals surface area contributed by atoms with E-state index in [-0.39, 0.29) is 11.9 Å². The summed E-state index contributed by atoms with van der Waals surface area (Å²) in [6.07, 6.45) is 5.94. The number of likely N-dealkylation sites (tertiary alicyclic amines) is 1. The minimum Gasteiger partial charge on any atom is -0.491 e. The molecule has 0 saturated carbocycles. The van der Waals surface area contributed by atoms with E-state index in [2.05, 4.69) is 5.10 Å². The van der Waals surface area contributed by atoms with E-state index in [1.54, 1.807) is 13.2 Å². The van der Waals surface area contributed by atoms with Crippen molar-refractivity contribution in [3.05, 3.63) is 47.8 Å². The Balaban J connectivity index is 1.66. The summed E-state index contributed by atoms with van der Waals surface area (Å²) in [4.78, 5) is 14.8. The fourth-order valence-corrected chi connectivity index (χ4v) is 3.13. The Morgan fingerprint density at radius 2 is 2.24 bits per heavy atom. The highest BCUT2D eigenvalue weighted by Gasteiger charge is 2.26. The fraction of sp³-hybridized carbons (Fsp3) is 0.474. The van der Waals surface area contributed by atoms with Crippen LogP contribution in [0, 0.1) is 6.92 Å². The lowest BCUT2D eigenvalue weighted by Crippen LogP contribution is -2.40. The molecule has 2 aromatic rings. The maximum atomic E-state index is 12.9. The second-order valence-corrected chi connectivity index (χ2v) is 6.41. The van der Waals surface area contributed by atoms with Crippen LogP contribution in [0.1, 0.15) is 34.8 Å². The van der Waals surface area contributed by atoms with Gasteiger partial charge in [-0.3, -0.25) is 9.48 Å². The standard InChI is InChI=1S/C19H25N3O3/c1-15-12-20-22(13-15)17-6-4-8-21(14-17)19(23)16-5-3-7-18(11-16)25-10-9-24-2/h3,5,7,11-13,17H,4,6,8-10,14H2,1-2H3. The van der Waals surface area contributed by atoms with Crippen LogP contribution in [0.5, 0.6) is 5.75 Å². The monoisotopic (exact) mass is 343 g/mol. The van der Waals surface area contributed by atoms with E-state index < -0.39 is 0 Å². The first-order valence-electron chi connectivity index (χ1n) is 8.69. The minimum atomic E-state index is 0.0470. The van der Waals surface area contributed by atoms with Gasteiger partial charge in [0.15, 0.2) is 0 Å². The smallest absolute Gasteiger partial charge is 0.254 e. The molecule has 0 radical (unpaired) electrons. The topological polar surface area (TPSA) is 56.6 Å². The SMILES string of the molecule is COCCOc1cccc(C(=O)N2CCCC(n3cc(C)cn3)C2)c1. The molecule has 1 fully saturated rings. The van der Waals surface area contributed by atoms with Gasteiger partial charge in [-0.05, 0) is 43.5 Å². The summed E-state index contributed by atoms with van der Waals surface area (Å²) in [5.74, 6) is 0.741. The average Bonchev–Trinajstić information content (AvgIpc) is 3.08. The molecule has 1 saturated heterocycles. The second-order valence-electron chi connectivity index (χ2n) is 6.41. The molecule has 1 unspecified atom stereocenters. The van der Waals surface area contributed by atoms with Gasteiger partial charge in [-0.2, -0.15) is 5.10 Å². The van der Waals surface area contributed by atoms with Crippen LogP contribution < -0.4 is 4.74 Å². The molecule has 2 heterocycles. The Bertz CT molecular complexity index is 713. The van der Waals surface area contributed by atoms with E-state index in [9.17, 15) is 4.79 Å². The van der Waals surface area contributed by atoms with Gasteiger partial charge < -0.3 is 14.4 Å². The van der Waals surface area contributed by atoms with Crippen molar-refractivity contribution in [1.82, 2.24) is 14.7 Å². The highest BCUT2D eigenvalue weighted by molar-refractivity contribution is 5.94. The van der Waals surface area contributed by atoms with Gasteiger partial charge in [-0.1, -0.05) is 6.07 Å². The van der Waals surface area contributed by atoms with Crippen LogP contribution in [-0.4, -0.2) is 54.0 Å². The summed E-state index contributed by atoms with van der Waals surface area (Å²) in [6, 6.07) is 7.60. The summed E-state index contributed by atoms with van der Waals surface area (Å²) in [5.41, 5.74) is 1.80. The van der Waals surface area contributed by atoms with Crippen LogP contribution in [0.3, 0.4) is 0 Å². The highest BCUT2D eigenvalue weighted by atomic mass is 16.5. The third-order valence-corrected chi connectivity index (χ3v) is 4.43. The summed E-state index contributed by atoms with van der Waals surface area (Å²) in [7, 11) is 1.64. The van der Waals surface area contributed by atoms with E-state index >= 15 is 0 Å². The number of amides is 1. The molecule has 1 aliphatic rings. The Morgan fingerprint density at radius 3 is 3.00 bits per heavy atom. The van der Waals surface area contributed by atoms with Gasteiger partial charge in [-0.15, -0.1) is 0 Å². The molecule has 1 aliphatic heterocycles. The normalized spacial score (nSPS) is 17.5. The van der Waals surface area contributed by atoms with Crippen LogP contribution in [0.2, 0.25) is 0 Å². The fourth-order valence-electron chi connectivity index (χ4n) is 3.13. The third-order valence-electron chi connectivity index (χ3n) is 4.43. The molecule has 0 bridgehead atoms. The van der Waals surface area contributed by atoms with Crippen molar-refractivity contribution < 1.29 is 14.3 Å². The lowest BCUT2D eigenvalue weighted by molar-refractivity contribution is 0.0672. The molecule has 1 atom stereocenters. The predicted molar refractivity (Wildman–Crippen MR) is 95.0 cm³/mol. The van der Waals surface area contributed by atoms with Crippen molar-refractivity contribution >= 4 is 5.91 Å². The van der Waals surface area contributed by atoms with Crippen LogP contribution in [0.15, 0.2) is 36.7 Å². The summed E-state index contributed by atoms with van der Waals surface area (Å²) >= 11 is 0. The number of aryl methyl sites for hydroxylation is 1. The zero-order valence-electron chi connectivity index (χ0n) is 14.9. The molecule has 3 rings (SSSR count). The number of hydrogen-bond donors (Lipinski definition) is 0. The number of nitrogens with zero attached hydrogens (tertiary/aromatic N) is 3. The zero-order chi connectivity index (χ0) is 17.6. The van der Waals surface area contributed by atoms with Crippen molar-refractivity contribution in [2.24, 2.45) is 0 Å². The van der Waals surface area contributed by atoms with E-state index in [0.717, 1.165) is 24.9 Å². The van der Waals surface area contributed by atoms with Gasteiger partial charge in [0.1, 0.15) is 12.4 Å². The lowest BCUT2D eigenvalue weighted by atomic mass is 10.0. The summed E-state index contributed by atoms with van der Waals surface area (Å²) in [6.45, 7) is 4.50. The molecule has 1 amide bonds. The van der Waals surface area contributed by atoms with Crippen LogP contribution >= 0.6 is 0 Å². The Kier molecular flexibility index (Phi) is 5.71. The molecule has 6 nitrogen and oxygen atoms in total. The first kappa shape index (κ1) is 17.5. The molecule has 134 valence electrons. The predicted octanol–water partition coefficient (Wildman–Crippen LogP) is 2.69. The molecule has 0 N–H and O–H groups in total. The Labute approximate surface area is 148 Å². The number of rotatable bonds is 6. The maximum absolute atomic E-state index is 12.9. The number of carbonyl (C=O) groups is 1. The van der Waals surface area contributed by atoms with Gasteiger partial charge in [0.2, 0.25) is 0 Å². The van der Waals surface area contributed by atoms with E-state index in [1.165, 1.54) is 0 Å². The Hall–Kier alpha value is -2.34. The molecular formula is C19H25N3O3. The molecule has 0 spiro atoms. The second kappa shape index (κ2) is 8.16. The number of ether oxygens (including phenoxy) is 2. The van der Waals surface area contributed by atoms with Crippen LogP contribution in [0.25, 0.3) is 0 Å². The Morgan fingerprint density at radius 1 is 1.36 bits per heavy atom. The highest BCUT2D eigenvalue weighted by Crippen LogP contribution is 2.23. The van der Waals surface area contributed by atoms with Gasteiger partial charge in [0.05, 0.1) is 18.8 Å². The van der Waals surface area contributed by atoms with E-state index in [1.807, 2.05) is 47.1 Å². The summed E-state index contributed by atoms with van der Waals surface area (Å²) < 4.78 is 12.6. The molecule has 25 heavy (non-hydrogen) atoms. The lowest BCUT2D eigenvalue weighted by Gasteiger charge is -2.33. The number of carbonyl (C=O) groups excluding carboxylic acids is 1. The first-order valence-corrected chi connectivity index (χ1v) is 8.69. The minimum absolute atomic E-state index is 0.0470. The quantitative estimate of drug-likeness (QED) is 0.757. The van der Waals surface area contributed by atoms with E-state index in [4.69, 9.17) is 9.47 Å². The average molecular weight is 343 g/mol. The molecule has 0 aliphatic carbocycles. The summed E-state index contributed by atoms with van der Waals surface area (Å²) in [5, 5.41) is 4.41. The number of benzene rings is 1. The molecule has 1 aromatic heterocycles. The van der Waals surface area contributed by atoms with Crippen molar-refractivity contribution in [3.8, 4) is 5.75 Å². The number of hydrogen-bond acceptors (Lipinski definition) is 4. The van der Waals surface area contributed by atoms with Crippen molar-refractivity contribution in [3.63, 3.8) is 0 Å². The molecule has 1 aromatic carbocycles. The van der Waals surface area contributed by atoms with E-state index in [0.29, 0.717) is 31.1 Å². The van der Waals surface area contributed by atoms with Gasteiger partial charge in [-0.25, -0.2) is 0 Å². The largest absolute Gasteiger partial charge is 0.491 e. The van der Waals surface area contributed by atoms with Gasteiger partial charge in [0.25, 0.3) is 5.91 Å². The van der Waals surface area contributed by atoms with Crippen molar-refractivity contribution in [2.45, 2.75) is 25.8 Å². The molecule has 6 heteroatoms. The first-order chi connectivity index (χ1) is 12.2. The maximum Gasteiger partial charge on any atom is 0.254 e. The van der Waals surface area contributed by atoms with Crippen molar-refractivity contribution in [1.29, 1.82) is 0 Å². The molecular weight excluding hydrogens is 318 g/mol. The van der Waals surface area contributed by atoms with Gasteiger partial charge in [0, 0.05) is 32.0 Å². The van der Waals surface area contributed by atoms with Gasteiger partial charge >= 0.3 is 0 Å². The van der Waals surface area contributed by atoms with Crippen LogP contribution in [-0.2, 0) is 4.74 Å². The van der Waals surface area contributed by atoms with Crippen LogP contribution in [0.4, 0.5) is 0 Å². The van der Waals surface area contributed by atoms with Crippen molar-refractivity contribution in [2.75, 3.05) is 33.4 Å². The zero-order valence-corrected chi connectivity index (χ0v) is 14.9. The number of methoxy groups -OCH3 is 1. The number of piperidine rings is 1.